The smallest absolute Gasteiger partial charge is 0.321 e. The second-order valence-corrected chi connectivity index (χ2v) is 7.40. The molecule has 4 rings (SSSR count). The van der Waals surface area contributed by atoms with Gasteiger partial charge >= 0.3 is 6.03 Å². The molecule has 7 nitrogen and oxygen atoms in total. The molecule has 8 heteroatoms. The monoisotopic (exact) mass is 362 g/mol. The van der Waals surface area contributed by atoms with Gasteiger partial charge in [0.15, 0.2) is 0 Å². The van der Waals surface area contributed by atoms with E-state index in [-0.39, 0.29) is 12.1 Å². The summed E-state index contributed by atoms with van der Waals surface area (Å²) >= 11 is 1.56. The van der Waals surface area contributed by atoms with Crippen LogP contribution in [0, 0.1) is 0 Å². The quantitative estimate of drug-likeness (QED) is 0.848. The fourth-order valence-electron chi connectivity index (χ4n) is 3.49. The molecule has 2 fully saturated rings. The van der Waals surface area contributed by atoms with Gasteiger partial charge in [0, 0.05) is 31.9 Å². The Morgan fingerprint density at radius 2 is 2.20 bits per heavy atom. The van der Waals surface area contributed by atoms with Gasteiger partial charge in [-0.05, 0) is 24.6 Å². The number of carbonyl (C=O) groups is 1. The molecule has 0 unspecified atom stereocenters. The number of ether oxygens (including phenoxy) is 1. The highest BCUT2D eigenvalue weighted by atomic mass is 32.1. The largest absolute Gasteiger partial charge is 0.389 e. The second-order valence-electron chi connectivity index (χ2n) is 6.51. The molecule has 2 N–H and O–H groups in total. The maximum Gasteiger partial charge on any atom is 0.321 e. The summed E-state index contributed by atoms with van der Waals surface area (Å²) in [6.07, 6.45) is 0.469. The fraction of sp³-hybridized carbons (Fsp3) is 0.529. The van der Waals surface area contributed by atoms with E-state index in [0.29, 0.717) is 19.8 Å². The van der Waals surface area contributed by atoms with E-state index in [1.165, 1.54) is 0 Å². The molecular weight excluding hydrogens is 340 g/mol. The lowest BCUT2D eigenvalue weighted by atomic mass is 10.2. The number of anilines is 1. The van der Waals surface area contributed by atoms with Gasteiger partial charge in [-0.3, -0.25) is 4.90 Å². The molecule has 134 valence electrons. The highest BCUT2D eigenvalue weighted by molar-refractivity contribution is 7.16. The molecular formula is C17H22N4O3S. The van der Waals surface area contributed by atoms with Gasteiger partial charge in [-0.1, -0.05) is 0 Å². The zero-order chi connectivity index (χ0) is 17.2. The summed E-state index contributed by atoms with van der Waals surface area (Å²) in [4.78, 5) is 20.9. The van der Waals surface area contributed by atoms with Crippen LogP contribution in [0.15, 0.2) is 23.7 Å². The van der Waals surface area contributed by atoms with Gasteiger partial charge in [-0.15, -0.1) is 11.3 Å². The van der Waals surface area contributed by atoms with E-state index in [0.717, 1.165) is 42.0 Å². The Morgan fingerprint density at radius 3 is 3.04 bits per heavy atom. The van der Waals surface area contributed by atoms with Crippen LogP contribution >= 0.6 is 11.3 Å². The maximum absolute atomic E-state index is 12.6. The number of hydrogen-bond donors (Lipinski definition) is 2. The molecule has 2 aromatic rings. The number of nitrogens with one attached hydrogen (secondary N) is 1. The van der Waals surface area contributed by atoms with Crippen LogP contribution in [0.4, 0.5) is 10.5 Å². The van der Waals surface area contributed by atoms with Crippen molar-refractivity contribution in [2.24, 2.45) is 0 Å². The first-order chi connectivity index (χ1) is 12.2. The highest BCUT2D eigenvalue weighted by Gasteiger charge is 2.33. The predicted molar refractivity (Wildman–Crippen MR) is 97.0 cm³/mol. The average Bonchev–Trinajstić information content (AvgIpc) is 3.17. The molecule has 2 amide bonds. The number of hydrogen-bond acceptors (Lipinski definition) is 6. The summed E-state index contributed by atoms with van der Waals surface area (Å²) in [5.41, 5.74) is 3.55. The van der Waals surface area contributed by atoms with E-state index in [9.17, 15) is 9.90 Å². The first-order valence-electron chi connectivity index (χ1n) is 8.60. The van der Waals surface area contributed by atoms with Gasteiger partial charge in [0.25, 0.3) is 0 Å². The van der Waals surface area contributed by atoms with E-state index >= 15 is 0 Å². The Labute approximate surface area is 150 Å². The van der Waals surface area contributed by atoms with Crippen LogP contribution in [0.5, 0.6) is 0 Å². The summed E-state index contributed by atoms with van der Waals surface area (Å²) in [7, 11) is 0. The van der Waals surface area contributed by atoms with Crippen LogP contribution in [0.1, 0.15) is 6.42 Å². The van der Waals surface area contributed by atoms with Gasteiger partial charge in [0.05, 0.1) is 41.1 Å². The first kappa shape index (κ1) is 16.7. The summed E-state index contributed by atoms with van der Waals surface area (Å²) in [6.45, 7) is 3.98. The minimum absolute atomic E-state index is 0.0525. The van der Waals surface area contributed by atoms with Crippen molar-refractivity contribution in [3.8, 4) is 0 Å². The van der Waals surface area contributed by atoms with Gasteiger partial charge in [-0.2, -0.15) is 0 Å². The third-order valence-corrected chi connectivity index (χ3v) is 5.68. The van der Waals surface area contributed by atoms with Crippen LogP contribution in [0.3, 0.4) is 0 Å². The third kappa shape index (κ3) is 3.62. The molecule has 1 aromatic carbocycles. The van der Waals surface area contributed by atoms with Crippen LogP contribution in [-0.4, -0.2) is 77.5 Å². The molecule has 2 aliphatic rings. The molecule has 0 saturated carbocycles. The fourth-order valence-corrected chi connectivity index (χ4v) is 4.20. The molecule has 2 saturated heterocycles. The number of urea groups is 1. The predicted octanol–water partition coefficient (Wildman–Crippen LogP) is 1.60. The number of benzene rings is 1. The summed E-state index contributed by atoms with van der Waals surface area (Å²) in [5.74, 6) is 0. The standard InChI is InChI=1S/C17H22N4O3S/c22-15-10-24-9-14(15)20-4-1-5-21(7-6-20)17(23)19-12-2-3-13-16(8-12)25-11-18-13/h2-3,8,11,14-15,22H,1,4-7,9-10H2,(H,19,23)/t14-,15-/m1/s1. The Bertz CT molecular complexity index is 752. The normalized spacial score (nSPS) is 25.2. The molecule has 0 bridgehead atoms. The third-order valence-electron chi connectivity index (χ3n) is 4.89. The number of aliphatic hydroxyl groups is 1. The van der Waals surface area contributed by atoms with E-state index in [1.54, 1.807) is 16.8 Å². The van der Waals surface area contributed by atoms with Gasteiger partial charge < -0.3 is 20.1 Å². The lowest BCUT2D eigenvalue weighted by Gasteiger charge is -2.28. The Kier molecular flexibility index (Phi) is 4.85. The van der Waals surface area contributed by atoms with E-state index < -0.39 is 6.10 Å². The molecule has 2 aliphatic heterocycles. The number of fused-ring (bicyclic) bond motifs is 1. The number of nitrogens with zero attached hydrogens (tertiary/aromatic N) is 3. The number of amides is 2. The number of carbonyl (C=O) groups excluding carboxylic acids is 1. The Balaban J connectivity index is 1.37. The number of thiazole rings is 1. The van der Waals surface area contributed by atoms with Gasteiger partial charge in [-0.25, -0.2) is 9.78 Å². The van der Waals surface area contributed by atoms with Gasteiger partial charge in [0.1, 0.15) is 0 Å². The summed E-state index contributed by atoms with van der Waals surface area (Å²) < 4.78 is 6.42. The average molecular weight is 362 g/mol. The molecule has 2 atom stereocenters. The molecule has 3 heterocycles. The number of rotatable bonds is 2. The van der Waals surface area contributed by atoms with Crippen molar-refractivity contribution in [2.75, 3.05) is 44.7 Å². The van der Waals surface area contributed by atoms with Crippen LogP contribution in [0.2, 0.25) is 0 Å². The molecule has 1 aromatic heterocycles. The van der Waals surface area contributed by atoms with Crippen LogP contribution in [0.25, 0.3) is 10.2 Å². The van der Waals surface area contributed by atoms with E-state index in [1.807, 2.05) is 23.1 Å². The van der Waals surface area contributed by atoms with Crippen molar-refractivity contribution >= 4 is 33.3 Å². The molecule has 0 aliphatic carbocycles. The lowest BCUT2D eigenvalue weighted by Crippen LogP contribution is -2.45. The van der Waals surface area contributed by atoms with Crippen molar-refractivity contribution in [1.29, 1.82) is 0 Å². The molecule has 0 spiro atoms. The van der Waals surface area contributed by atoms with Crippen LogP contribution in [-0.2, 0) is 4.74 Å². The topological polar surface area (TPSA) is 77.9 Å². The summed E-state index contributed by atoms with van der Waals surface area (Å²) in [6, 6.07) is 5.75. The summed E-state index contributed by atoms with van der Waals surface area (Å²) in [5, 5.41) is 13.0. The Hall–Kier alpha value is -1.74. The van der Waals surface area contributed by atoms with E-state index in [2.05, 4.69) is 15.2 Å². The minimum Gasteiger partial charge on any atom is -0.389 e. The second kappa shape index (κ2) is 7.25. The lowest BCUT2D eigenvalue weighted by molar-refractivity contribution is 0.0845. The Morgan fingerprint density at radius 1 is 1.28 bits per heavy atom. The van der Waals surface area contributed by atoms with Crippen molar-refractivity contribution < 1.29 is 14.6 Å². The number of aliphatic hydroxyl groups excluding tert-OH is 1. The molecule has 25 heavy (non-hydrogen) atoms. The van der Waals surface area contributed by atoms with Crippen molar-refractivity contribution in [2.45, 2.75) is 18.6 Å². The number of aromatic nitrogens is 1. The van der Waals surface area contributed by atoms with Crippen molar-refractivity contribution in [3.05, 3.63) is 23.7 Å². The SMILES string of the molecule is O=C(Nc1ccc2ncsc2c1)N1CCCN([C@@H]2COC[C@H]2O)CC1. The van der Waals surface area contributed by atoms with Crippen molar-refractivity contribution in [3.63, 3.8) is 0 Å². The highest BCUT2D eigenvalue weighted by Crippen LogP contribution is 2.22. The zero-order valence-corrected chi connectivity index (χ0v) is 14.7. The first-order valence-corrected chi connectivity index (χ1v) is 9.48. The van der Waals surface area contributed by atoms with Gasteiger partial charge in [0.2, 0.25) is 0 Å². The molecule has 0 radical (unpaired) electrons. The maximum atomic E-state index is 12.6. The van der Waals surface area contributed by atoms with Crippen LogP contribution < -0.4 is 5.32 Å². The van der Waals surface area contributed by atoms with E-state index in [4.69, 9.17) is 4.74 Å². The minimum atomic E-state index is -0.425. The zero-order valence-electron chi connectivity index (χ0n) is 13.9. The van der Waals surface area contributed by atoms with Crippen molar-refractivity contribution in [1.82, 2.24) is 14.8 Å².